The average molecular weight is 321 g/mol. The molecular weight excluding hydrogens is 304 g/mol. The second-order valence-electron chi connectivity index (χ2n) is 5.63. The van der Waals surface area contributed by atoms with Crippen LogP contribution in [0.25, 0.3) is 0 Å². The molecule has 0 aromatic heterocycles. The summed E-state index contributed by atoms with van der Waals surface area (Å²) in [6.45, 7) is 5.78. The largest absolute Gasteiger partial charge is 0.273 e. The summed E-state index contributed by atoms with van der Waals surface area (Å²) in [4.78, 5) is 10.1. The van der Waals surface area contributed by atoms with Crippen molar-refractivity contribution in [1.29, 1.82) is 0 Å². The molecule has 0 spiro atoms. The normalized spacial score (nSPS) is 14.1. The highest BCUT2D eigenvalue weighted by atomic mass is 35.5. The van der Waals surface area contributed by atoms with Crippen molar-refractivity contribution in [2.75, 3.05) is 0 Å². The first-order chi connectivity index (χ1) is 8.93. The number of halogens is 1. The predicted molar refractivity (Wildman–Crippen MR) is 77.3 cm³/mol. The first kappa shape index (κ1) is 16.9. The third-order valence-electron chi connectivity index (χ3n) is 2.92. The van der Waals surface area contributed by atoms with Crippen LogP contribution in [-0.4, -0.2) is 18.7 Å². The van der Waals surface area contributed by atoms with E-state index >= 15 is 0 Å². The van der Waals surface area contributed by atoms with Crippen molar-refractivity contribution in [1.82, 2.24) is 0 Å². The van der Waals surface area contributed by atoms with Crippen LogP contribution in [0.2, 0.25) is 0 Å². The van der Waals surface area contributed by atoms with E-state index in [4.69, 9.17) is 16.7 Å². The number of alkyl halides is 1. The van der Waals surface area contributed by atoms with E-state index in [2.05, 4.69) is 0 Å². The van der Waals surface area contributed by atoms with Crippen molar-refractivity contribution < 1.29 is 13.3 Å². The van der Waals surface area contributed by atoms with Gasteiger partial charge in [-0.15, -0.1) is 11.6 Å². The smallest absolute Gasteiger partial charge is 0.258 e. The third-order valence-corrected chi connectivity index (χ3v) is 4.64. The molecule has 1 aromatic rings. The molecule has 0 aliphatic heterocycles. The zero-order chi connectivity index (χ0) is 15.7. The molecule has 0 saturated heterocycles. The van der Waals surface area contributed by atoms with Gasteiger partial charge in [-0.05, 0) is 17.9 Å². The number of benzene rings is 1. The quantitative estimate of drug-likeness (QED) is 0.522. The lowest BCUT2D eigenvalue weighted by atomic mass is 9.87. The molecule has 0 fully saturated rings. The SMILES string of the molecule is CC(C)(C)C(Cl)Cc1ccc(S(N)(=O)=O)cc1[N+](=O)[O-]. The summed E-state index contributed by atoms with van der Waals surface area (Å²) in [5.74, 6) is 0. The molecule has 0 bridgehead atoms. The predicted octanol–water partition coefficient (Wildman–Crippen LogP) is 2.44. The molecule has 1 unspecified atom stereocenters. The average Bonchev–Trinajstić information content (AvgIpc) is 2.26. The minimum atomic E-state index is -3.97. The summed E-state index contributed by atoms with van der Waals surface area (Å²) in [6, 6.07) is 3.61. The molecule has 0 amide bonds. The van der Waals surface area contributed by atoms with Crippen LogP contribution in [0, 0.1) is 15.5 Å². The van der Waals surface area contributed by atoms with Gasteiger partial charge < -0.3 is 0 Å². The molecule has 0 aliphatic carbocycles. The molecule has 112 valence electrons. The lowest BCUT2D eigenvalue weighted by molar-refractivity contribution is -0.385. The zero-order valence-electron chi connectivity index (χ0n) is 11.5. The maximum absolute atomic E-state index is 11.2. The Morgan fingerprint density at radius 2 is 1.95 bits per heavy atom. The van der Waals surface area contributed by atoms with Crippen molar-refractivity contribution in [3.05, 3.63) is 33.9 Å². The van der Waals surface area contributed by atoms with Crippen molar-refractivity contribution in [2.45, 2.75) is 37.5 Å². The Hall–Kier alpha value is -1.18. The minimum Gasteiger partial charge on any atom is -0.258 e. The van der Waals surface area contributed by atoms with E-state index in [1.54, 1.807) is 0 Å². The van der Waals surface area contributed by atoms with Gasteiger partial charge in [0.25, 0.3) is 5.69 Å². The molecule has 0 radical (unpaired) electrons. The van der Waals surface area contributed by atoms with Gasteiger partial charge in [-0.3, -0.25) is 10.1 Å². The number of nitro groups is 1. The van der Waals surface area contributed by atoms with Gasteiger partial charge in [-0.25, -0.2) is 13.6 Å². The number of nitrogens with zero attached hydrogens (tertiary/aromatic N) is 1. The molecule has 0 heterocycles. The molecule has 6 nitrogen and oxygen atoms in total. The van der Waals surface area contributed by atoms with Gasteiger partial charge in [0.05, 0.1) is 9.82 Å². The van der Waals surface area contributed by atoms with Gasteiger partial charge in [0.1, 0.15) is 0 Å². The van der Waals surface area contributed by atoms with Crippen LogP contribution in [-0.2, 0) is 16.4 Å². The van der Waals surface area contributed by atoms with E-state index in [0.29, 0.717) is 5.56 Å². The second kappa shape index (κ2) is 5.67. The first-order valence-electron chi connectivity index (χ1n) is 5.87. The van der Waals surface area contributed by atoms with Gasteiger partial charge in [-0.2, -0.15) is 0 Å². The molecular formula is C12H17ClN2O4S. The highest BCUT2D eigenvalue weighted by Crippen LogP contribution is 2.31. The summed E-state index contributed by atoms with van der Waals surface area (Å²) in [6.07, 6.45) is 0.270. The van der Waals surface area contributed by atoms with Crippen molar-refractivity contribution >= 4 is 27.3 Å². The Morgan fingerprint density at radius 1 is 1.40 bits per heavy atom. The van der Waals surface area contributed by atoms with Gasteiger partial charge in [-0.1, -0.05) is 26.8 Å². The summed E-state index contributed by atoms with van der Waals surface area (Å²) >= 11 is 6.23. The molecule has 8 heteroatoms. The molecule has 1 rings (SSSR count). The third kappa shape index (κ3) is 4.16. The van der Waals surface area contributed by atoms with E-state index in [0.717, 1.165) is 6.07 Å². The second-order valence-corrected chi connectivity index (χ2v) is 7.72. The van der Waals surface area contributed by atoms with Crippen LogP contribution in [0.15, 0.2) is 23.1 Å². The highest BCUT2D eigenvalue weighted by molar-refractivity contribution is 7.89. The Bertz CT molecular complexity index is 623. The monoisotopic (exact) mass is 320 g/mol. The lowest BCUT2D eigenvalue weighted by Gasteiger charge is -2.25. The minimum absolute atomic E-state index is 0.228. The van der Waals surface area contributed by atoms with Gasteiger partial charge in [0.15, 0.2) is 0 Å². The van der Waals surface area contributed by atoms with Crippen LogP contribution in [0.4, 0.5) is 5.69 Å². The van der Waals surface area contributed by atoms with Crippen LogP contribution in [0.3, 0.4) is 0 Å². The van der Waals surface area contributed by atoms with Crippen LogP contribution in [0.1, 0.15) is 26.3 Å². The molecule has 0 aliphatic rings. The first-order valence-corrected chi connectivity index (χ1v) is 7.85. The number of nitro benzene ring substituents is 1. The van der Waals surface area contributed by atoms with Crippen molar-refractivity contribution in [3.8, 4) is 0 Å². The van der Waals surface area contributed by atoms with E-state index in [9.17, 15) is 18.5 Å². The Morgan fingerprint density at radius 3 is 2.35 bits per heavy atom. The summed E-state index contributed by atoms with van der Waals surface area (Å²) < 4.78 is 22.5. The molecule has 0 saturated carbocycles. The standard InChI is InChI=1S/C12H17ClN2O4S/c1-12(2,3)11(13)6-8-4-5-9(20(14,18)19)7-10(8)15(16)17/h4-5,7,11H,6H2,1-3H3,(H2,14,18,19). The summed E-state index contributed by atoms with van der Waals surface area (Å²) in [7, 11) is -3.97. The van der Waals surface area contributed by atoms with E-state index < -0.39 is 14.9 Å². The topological polar surface area (TPSA) is 103 Å². The van der Waals surface area contributed by atoms with E-state index in [-0.39, 0.29) is 27.8 Å². The Kier molecular flexibility index (Phi) is 4.78. The maximum Gasteiger partial charge on any atom is 0.273 e. The van der Waals surface area contributed by atoms with Crippen molar-refractivity contribution in [2.24, 2.45) is 10.6 Å². The zero-order valence-corrected chi connectivity index (χ0v) is 13.0. The van der Waals surface area contributed by atoms with E-state index in [1.807, 2.05) is 20.8 Å². The number of sulfonamides is 1. The number of nitrogens with two attached hydrogens (primary N) is 1. The Labute approximate surface area is 123 Å². The molecule has 1 atom stereocenters. The van der Waals surface area contributed by atoms with Gasteiger partial charge >= 0.3 is 0 Å². The van der Waals surface area contributed by atoms with E-state index in [1.165, 1.54) is 12.1 Å². The number of hydrogen-bond acceptors (Lipinski definition) is 4. The molecule has 20 heavy (non-hydrogen) atoms. The van der Waals surface area contributed by atoms with Crippen LogP contribution >= 0.6 is 11.6 Å². The fourth-order valence-electron chi connectivity index (χ4n) is 1.56. The molecule has 1 aromatic carbocycles. The number of primary sulfonamides is 1. The summed E-state index contributed by atoms with van der Waals surface area (Å²) in [5, 5.41) is 15.7. The van der Waals surface area contributed by atoms with Gasteiger partial charge in [0.2, 0.25) is 10.0 Å². The maximum atomic E-state index is 11.2. The number of hydrogen-bond donors (Lipinski definition) is 1. The summed E-state index contributed by atoms with van der Waals surface area (Å²) in [5.41, 5.74) is -0.127. The fraction of sp³-hybridized carbons (Fsp3) is 0.500. The fourth-order valence-corrected chi connectivity index (χ4v) is 2.26. The van der Waals surface area contributed by atoms with Crippen LogP contribution in [0.5, 0.6) is 0 Å². The van der Waals surface area contributed by atoms with Crippen molar-refractivity contribution in [3.63, 3.8) is 0 Å². The van der Waals surface area contributed by atoms with Gasteiger partial charge in [0, 0.05) is 17.0 Å². The Balaban J connectivity index is 3.25. The number of rotatable bonds is 4. The molecule has 2 N–H and O–H groups in total. The van der Waals surface area contributed by atoms with Crippen LogP contribution < -0.4 is 5.14 Å². The highest BCUT2D eigenvalue weighted by Gasteiger charge is 2.26. The lowest BCUT2D eigenvalue weighted by Crippen LogP contribution is -2.23.